The molecule has 0 bridgehead atoms. The molecule has 0 N–H and O–H groups in total. The average Bonchev–Trinajstić information content (AvgIpc) is 2.03. The van der Waals surface area contributed by atoms with E-state index < -0.39 is 0 Å². The highest BCUT2D eigenvalue weighted by atomic mass is 32.1. The minimum atomic E-state index is 0.674. The van der Waals surface area contributed by atoms with Gasteiger partial charge in [-0.3, -0.25) is 0 Å². The highest BCUT2D eigenvalue weighted by Crippen LogP contribution is 1.99. The lowest BCUT2D eigenvalue weighted by Crippen LogP contribution is -1.90. The highest BCUT2D eigenvalue weighted by molar-refractivity contribution is 7.75. The van der Waals surface area contributed by atoms with Crippen molar-refractivity contribution in [3.05, 3.63) is 35.9 Å². The van der Waals surface area contributed by atoms with Gasteiger partial charge in [-0.15, -0.1) is 0 Å². The van der Waals surface area contributed by atoms with Gasteiger partial charge in [-0.05, 0) is 24.9 Å². The standard InChI is InChI=1S/C8H10OS/c10-9-7-6-8-4-2-1-3-5-8/h1-5,10H,6-7H2. The van der Waals surface area contributed by atoms with Gasteiger partial charge in [0.2, 0.25) is 0 Å². The van der Waals surface area contributed by atoms with Crippen molar-refractivity contribution < 1.29 is 4.18 Å². The van der Waals surface area contributed by atoms with Crippen molar-refractivity contribution in [2.45, 2.75) is 6.42 Å². The third-order valence-corrected chi connectivity index (χ3v) is 1.51. The van der Waals surface area contributed by atoms with E-state index in [2.05, 4.69) is 29.2 Å². The quantitative estimate of drug-likeness (QED) is 0.518. The molecular formula is C8H10OS. The molecule has 0 aliphatic heterocycles. The van der Waals surface area contributed by atoms with Crippen molar-refractivity contribution >= 4 is 12.9 Å². The zero-order valence-corrected chi connectivity index (χ0v) is 6.55. The van der Waals surface area contributed by atoms with Crippen LogP contribution in [0.15, 0.2) is 30.3 Å². The van der Waals surface area contributed by atoms with Crippen LogP contribution in [0.25, 0.3) is 0 Å². The first-order valence-electron chi connectivity index (χ1n) is 3.24. The van der Waals surface area contributed by atoms with Crippen molar-refractivity contribution in [3.63, 3.8) is 0 Å². The van der Waals surface area contributed by atoms with Crippen molar-refractivity contribution in [1.82, 2.24) is 0 Å². The molecule has 0 aliphatic carbocycles. The molecule has 0 aromatic heterocycles. The molecule has 0 atom stereocenters. The largest absolute Gasteiger partial charge is 0.318 e. The van der Waals surface area contributed by atoms with Crippen LogP contribution in [0.5, 0.6) is 0 Å². The zero-order valence-electron chi connectivity index (χ0n) is 5.66. The van der Waals surface area contributed by atoms with Gasteiger partial charge in [0, 0.05) is 0 Å². The normalized spacial score (nSPS) is 9.70. The molecule has 1 aromatic carbocycles. The first-order chi connectivity index (χ1) is 4.93. The molecule has 1 nitrogen and oxygen atoms in total. The fourth-order valence-corrected chi connectivity index (χ4v) is 0.899. The summed E-state index contributed by atoms with van der Waals surface area (Å²) in [6.07, 6.45) is 0.935. The Morgan fingerprint density at radius 1 is 1.20 bits per heavy atom. The van der Waals surface area contributed by atoms with E-state index in [1.165, 1.54) is 5.56 Å². The Balaban J connectivity index is 2.43. The first-order valence-corrected chi connectivity index (χ1v) is 3.60. The first kappa shape index (κ1) is 7.63. The molecular weight excluding hydrogens is 144 g/mol. The van der Waals surface area contributed by atoms with Gasteiger partial charge in [0.05, 0.1) is 6.61 Å². The monoisotopic (exact) mass is 154 g/mol. The molecule has 0 unspecified atom stereocenters. The fourth-order valence-electron chi connectivity index (χ4n) is 0.808. The Morgan fingerprint density at radius 2 is 1.90 bits per heavy atom. The summed E-state index contributed by atoms with van der Waals surface area (Å²) < 4.78 is 4.64. The molecule has 2 heteroatoms. The minimum absolute atomic E-state index is 0.674. The van der Waals surface area contributed by atoms with Gasteiger partial charge in [0.15, 0.2) is 0 Å². The molecule has 54 valence electrons. The maximum absolute atomic E-state index is 4.64. The predicted octanol–water partition coefficient (Wildman–Crippen LogP) is 2.09. The van der Waals surface area contributed by atoms with E-state index >= 15 is 0 Å². The number of thiol groups is 1. The summed E-state index contributed by atoms with van der Waals surface area (Å²) >= 11 is 3.65. The van der Waals surface area contributed by atoms with Crippen LogP contribution in [0.4, 0.5) is 0 Å². The van der Waals surface area contributed by atoms with Gasteiger partial charge in [-0.25, -0.2) is 0 Å². The van der Waals surface area contributed by atoms with E-state index in [4.69, 9.17) is 0 Å². The smallest absolute Gasteiger partial charge is 0.0650 e. The van der Waals surface area contributed by atoms with Gasteiger partial charge < -0.3 is 4.18 Å². The Kier molecular flexibility index (Phi) is 3.33. The second kappa shape index (κ2) is 4.36. The van der Waals surface area contributed by atoms with Crippen molar-refractivity contribution in [2.24, 2.45) is 0 Å². The molecule has 1 rings (SSSR count). The number of hydrogen-bond donors (Lipinski definition) is 1. The summed E-state index contributed by atoms with van der Waals surface area (Å²) in [5.74, 6) is 0. The third kappa shape index (κ3) is 2.42. The minimum Gasteiger partial charge on any atom is -0.318 e. The molecule has 0 radical (unpaired) electrons. The second-order valence-electron chi connectivity index (χ2n) is 2.07. The highest BCUT2D eigenvalue weighted by Gasteiger charge is 1.88. The van der Waals surface area contributed by atoms with E-state index in [-0.39, 0.29) is 0 Å². The predicted molar refractivity (Wildman–Crippen MR) is 45.1 cm³/mol. The van der Waals surface area contributed by atoms with Crippen molar-refractivity contribution in [2.75, 3.05) is 6.61 Å². The van der Waals surface area contributed by atoms with E-state index in [0.717, 1.165) is 6.42 Å². The summed E-state index contributed by atoms with van der Waals surface area (Å²) in [5.41, 5.74) is 1.29. The van der Waals surface area contributed by atoms with Gasteiger partial charge in [-0.2, -0.15) is 0 Å². The van der Waals surface area contributed by atoms with Crippen LogP contribution in [0.1, 0.15) is 5.56 Å². The van der Waals surface area contributed by atoms with Gasteiger partial charge >= 0.3 is 0 Å². The number of rotatable bonds is 3. The topological polar surface area (TPSA) is 9.23 Å². The molecule has 0 saturated heterocycles. The van der Waals surface area contributed by atoms with Crippen molar-refractivity contribution in [3.8, 4) is 0 Å². The summed E-state index contributed by atoms with van der Waals surface area (Å²) in [7, 11) is 0. The molecule has 0 heterocycles. The maximum Gasteiger partial charge on any atom is 0.0650 e. The Bertz CT molecular complexity index is 174. The third-order valence-electron chi connectivity index (χ3n) is 1.32. The van der Waals surface area contributed by atoms with Crippen LogP contribution in [-0.4, -0.2) is 6.61 Å². The van der Waals surface area contributed by atoms with Crippen LogP contribution in [0, 0.1) is 0 Å². The van der Waals surface area contributed by atoms with E-state index in [1.807, 2.05) is 18.2 Å². The molecule has 1 aromatic rings. The Labute approximate surface area is 66.6 Å². The lowest BCUT2D eigenvalue weighted by Gasteiger charge is -1.96. The average molecular weight is 154 g/mol. The lowest BCUT2D eigenvalue weighted by atomic mass is 10.2. The molecule has 0 aliphatic rings. The van der Waals surface area contributed by atoms with Crippen LogP contribution < -0.4 is 0 Å². The molecule has 0 saturated carbocycles. The maximum atomic E-state index is 4.64. The summed E-state index contributed by atoms with van der Waals surface area (Å²) in [6, 6.07) is 10.2. The van der Waals surface area contributed by atoms with E-state index in [1.54, 1.807) is 0 Å². The SMILES string of the molecule is SOCCc1ccccc1. The molecule has 0 spiro atoms. The van der Waals surface area contributed by atoms with Gasteiger partial charge in [0.1, 0.15) is 0 Å². The zero-order chi connectivity index (χ0) is 7.23. The van der Waals surface area contributed by atoms with E-state index in [0.29, 0.717) is 6.61 Å². The molecule has 10 heavy (non-hydrogen) atoms. The van der Waals surface area contributed by atoms with Gasteiger partial charge in [0.25, 0.3) is 0 Å². The lowest BCUT2D eigenvalue weighted by molar-refractivity contribution is 0.387. The van der Waals surface area contributed by atoms with Crippen molar-refractivity contribution in [1.29, 1.82) is 0 Å². The van der Waals surface area contributed by atoms with Gasteiger partial charge in [-0.1, -0.05) is 30.3 Å². The summed E-state index contributed by atoms with van der Waals surface area (Å²) in [4.78, 5) is 0. The van der Waals surface area contributed by atoms with Crippen LogP contribution in [0.3, 0.4) is 0 Å². The van der Waals surface area contributed by atoms with E-state index in [9.17, 15) is 0 Å². The number of benzene rings is 1. The Morgan fingerprint density at radius 3 is 2.50 bits per heavy atom. The van der Waals surface area contributed by atoms with Crippen LogP contribution >= 0.6 is 12.9 Å². The Hall–Kier alpha value is -0.470. The fraction of sp³-hybridized carbons (Fsp3) is 0.250. The molecule has 0 fully saturated rings. The van der Waals surface area contributed by atoms with Crippen LogP contribution in [0.2, 0.25) is 0 Å². The summed E-state index contributed by atoms with van der Waals surface area (Å²) in [5, 5.41) is 0. The van der Waals surface area contributed by atoms with Crippen LogP contribution in [-0.2, 0) is 10.6 Å². The number of hydrogen-bond acceptors (Lipinski definition) is 2. The molecule has 0 amide bonds. The second-order valence-corrected chi connectivity index (χ2v) is 2.33. The summed E-state index contributed by atoms with van der Waals surface area (Å²) in [6.45, 7) is 0.674.